The van der Waals surface area contributed by atoms with Crippen LogP contribution in [0.2, 0.25) is 5.02 Å². The second kappa shape index (κ2) is 5.80. The molecule has 2 aromatic rings. The Balaban J connectivity index is 2.19. The monoisotopic (exact) mass is 262 g/mol. The van der Waals surface area contributed by atoms with Crippen molar-refractivity contribution in [3.63, 3.8) is 0 Å². The number of anilines is 1. The van der Waals surface area contributed by atoms with E-state index < -0.39 is 0 Å². The normalized spacial score (nSPS) is 10.4. The van der Waals surface area contributed by atoms with Crippen LogP contribution in [0.5, 0.6) is 0 Å². The van der Waals surface area contributed by atoms with Crippen molar-refractivity contribution in [3.05, 3.63) is 41.7 Å². The average molecular weight is 263 g/mol. The number of nitrogens with two attached hydrogens (primary N) is 1. The smallest absolute Gasteiger partial charge is 0.225 e. The maximum absolute atomic E-state index is 5.85. The van der Waals surface area contributed by atoms with Gasteiger partial charge in [0.05, 0.1) is 0 Å². The summed E-state index contributed by atoms with van der Waals surface area (Å²) in [6.07, 6.45) is 3.61. The van der Waals surface area contributed by atoms with Gasteiger partial charge in [0.25, 0.3) is 0 Å². The van der Waals surface area contributed by atoms with Crippen LogP contribution in [-0.4, -0.2) is 30.1 Å². The third kappa shape index (κ3) is 2.97. The van der Waals surface area contributed by atoms with E-state index in [9.17, 15) is 0 Å². The second-order valence-electron chi connectivity index (χ2n) is 3.99. The summed E-state index contributed by atoms with van der Waals surface area (Å²) in [6, 6.07) is 7.60. The van der Waals surface area contributed by atoms with Crippen LogP contribution in [0.25, 0.3) is 11.1 Å². The Bertz CT molecular complexity index is 495. The fourth-order valence-electron chi connectivity index (χ4n) is 1.60. The van der Waals surface area contributed by atoms with Gasteiger partial charge >= 0.3 is 0 Å². The van der Waals surface area contributed by atoms with Gasteiger partial charge in [0.2, 0.25) is 5.95 Å². The molecule has 0 bridgehead atoms. The van der Waals surface area contributed by atoms with Gasteiger partial charge in [-0.2, -0.15) is 0 Å². The van der Waals surface area contributed by atoms with E-state index >= 15 is 0 Å². The molecule has 1 aromatic heterocycles. The second-order valence-corrected chi connectivity index (χ2v) is 4.43. The lowest BCUT2D eigenvalue weighted by Crippen LogP contribution is -2.26. The molecule has 0 unspecified atom stereocenters. The number of hydrogen-bond donors (Lipinski definition) is 1. The molecule has 0 radical (unpaired) electrons. The van der Waals surface area contributed by atoms with Crippen molar-refractivity contribution in [2.24, 2.45) is 5.73 Å². The van der Waals surface area contributed by atoms with Crippen LogP contribution in [0.1, 0.15) is 0 Å². The van der Waals surface area contributed by atoms with Crippen LogP contribution in [0.3, 0.4) is 0 Å². The van der Waals surface area contributed by atoms with Gasteiger partial charge in [-0.1, -0.05) is 23.7 Å². The first-order chi connectivity index (χ1) is 8.70. The minimum Gasteiger partial charge on any atom is -0.343 e. The molecule has 0 saturated carbocycles. The molecule has 18 heavy (non-hydrogen) atoms. The fraction of sp³-hybridized carbons (Fsp3) is 0.231. The summed E-state index contributed by atoms with van der Waals surface area (Å²) in [5.41, 5.74) is 7.51. The highest BCUT2D eigenvalue weighted by Crippen LogP contribution is 2.20. The zero-order valence-corrected chi connectivity index (χ0v) is 10.9. The molecule has 0 atom stereocenters. The Morgan fingerprint density at radius 3 is 2.28 bits per heavy atom. The van der Waals surface area contributed by atoms with Crippen molar-refractivity contribution in [2.45, 2.75) is 0 Å². The van der Waals surface area contributed by atoms with Crippen LogP contribution in [0, 0.1) is 0 Å². The predicted molar refractivity (Wildman–Crippen MR) is 74.8 cm³/mol. The Hall–Kier alpha value is -1.65. The molecule has 0 spiro atoms. The van der Waals surface area contributed by atoms with Gasteiger partial charge < -0.3 is 10.6 Å². The van der Waals surface area contributed by atoms with E-state index in [0.717, 1.165) is 22.7 Å². The summed E-state index contributed by atoms with van der Waals surface area (Å²) >= 11 is 5.85. The molecule has 1 aromatic carbocycles. The Morgan fingerprint density at radius 1 is 1.11 bits per heavy atom. The first-order valence-corrected chi connectivity index (χ1v) is 6.07. The number of rotatable bonds is 4. The number of aromatic nitrogens is 2. The van der Waals surface area contributed by atoms with Crippen molar-refractivity contribution < 1.29 is 0 Å². The van der Waals surface area contributed by atoms with Crippen LogP contribution < -0.4 is 10.6 Å². The molecule has 0 aliphatic carbocycles. The lowest BCUT2D eigenvalue weighted by atomic mass is 10.1. The third-order valence-corrected chi connectivity index (χ3v) is 2.87. The topological polar surface area (TPSA) is 55.0 Å². The molecule has 2 N–H and O–H groups in total. The maximum atomic E-state index is 5.85. The van der Waals surface area contributed by atoms with Crippen molar-refractivity contribution >= 4 is 17.5 Å². The number of benzene rings is 1. The van der Waals surface area contributed by atoms with E-state index in [4.69, 9.17) is 17.3 Å². The van der Waals surface area contributed by atoms with Crippen molar-refractivity contribution in [1.82, 2.24) is 9.97 Å². The van der Waals surface area contributed by atoms with Gasteiger partial charge in [0, 0.05) is 43.1 Å². The largest absolute Gasteiger partial charge is 0.343 e. The molecule has 0 fully saturated rings. The molecule has 2 rings (SSSR count). The van der Waals surface area contributed by atoms with Crippen LogP contribution in [0.15, 0.2) is 36.7 Å². The SMILES string of the molecule is CN(CCN)c1ncc(-c2ccc(Cl)cc2)cn1. The molecule has 5 heteroatoms. The number of halogens is 1. The van der Waals surface area contributed by atoms with Gasteiger partial charge in [0.15, 0.2) is 0 Å². The number of nitrogens with zero attached hydrogens (tertiary/aromatic N) is 3. The fourth-order valence-corrected chi connectivity index (χ4v) is 1.73. The number of likely N-dealkylation sites (N-methyl/N-ethyl adjacent to an activating group) is 1. The van der Waals surface area contributed by atoms with E-state index in [1.165, 1.54) is 0 Å². The third-order valence-electron chi connectivity index (χ3n) is 2.62. The van der Waals surface area contributed by atoms with Crippen LogP contribution >= 0.6 is 11.6 Å². The number of hydrogen-bond acceptors (Lipinski definition) is 4. The van der Waals surface area contributed by atoms with Gasteiger partial charge in [-0.15, -0.1) is 0 Å². The van der Waals surface area contributed by atoms with Crippen molar-refractivity contribution in [2.75, 3.05) is 25.0 Å². The molecule has 0 amide bonds. The quantitative estimate of drug-likeness (QED) is 0.918. The summed E-state index contributed by atoms with van der Waals surface area (Å²) in [6.45, 7) is 1.32. The van der Waals surface area contributed by atoms with E-state index in [0.29, 0.717) is 12.5 Å². The first kappa shape index (κ1) is 12.8. The summed E-state index contributed by atoms with van der Waals surface area (Å²) in [5.74, 6) is 0.679. The van der Waals surface area contributed by atoms with Crippen LogP contribution in [-0.2, 0) is 0 Å². The van der Waals surface area contributed by atoms with E-state index in [2.05, 4.69) is 9.97 Å². The predicted octanol–water partition coefficient (Wildman–Crippen LogP) is 2.19. The van der Waals surface area contributed by atoms with E-state index in [-0.39, 0.29) is 0 Å². The first-order valence-electron chi connectivity index (χ1n) is 5.70. The van der Waals surface area contributed by atoms with Crippen LogP contribution in [0.4, 0.5) is 5.95 Å². The average Bonchev–Trinajstić information content (AvgIpc) is 2.40. The summed E-state index contributed by atoms with van der Waals surface area (Å²) < 4.78 is 0. The van der Waals surface area contributed by atoms with Gasteiger partial charge in [0.1, 0.15) is 0 Å². The van der Waals surface area contributed by atoms with Gasteiger partial charge in [-0.05, 0) is 17.7 Å². The molecular formula is C13H15ClN4. The van der Waals surface area contributed by atoms with E-state index in [1.54, 1.807) is 12.4 Å². The maximum Gasteiger partial charge on any atom is 0.225 e. The zero-order valence-electron chi connectivity index (χ0n) is 10.2. The molecule has 0 aliphatic rings. The summed E-state index contributed by atoms with van der Waals surface area (Å²) in [5, 5.41) is 0.721. The van der Waals surface area contributed by atoms with Crippen molar-refractivity contribution in [1.29, 1.82) is 0 Å². The highest BCUT2D eigenvalue weighted by molar-refractivity contribution is 6.30. The Morgan fingerprint density at radius 2 is 1.72 bits per heavy atom. The molecule has 4 nitrogen and oxygen atoms in total. The van der Waals surface area contributed by atoms with E-state index in [1.807, 2.05) is 36.2 Å². The van der Waals surface area contributed by atoms with Gasteiger partial charge in [-0.25, -0.2) is 9.97 Å². The highest BCUT2D eigenvalue weighted by Gasteiger charge is 2.04. The Labute approximate surface area is 111 Å². The lowest BCUT2D eigenvalue weighted by molar-refractivity contribution is 0.846. The van der Waals surface area contributed by atoms with Crippen molar-refractivity contribution in [3.8, 4) is 11.1 Å². The molecule has 94 valence electrons. The standard InChI is InChI=1S/C13H15ClN4/c1-18(7-6-15)13-16-8-11(9-17-13)10-2-4-12(14)5-3-10/h2-5,8-9H,6-7,15H2,1H3. The highest BCUT2D eigenvalue weighted by atomic mass is 35.5. The molecule has 0 saturated heterocycles. The summed E-state index contributed by atoms with van der Waals surface area (Å²) in [7, 11) is 1.92. The molecular weight excluding hydrogens is 248 g/mol. The van der Waals surface area contributed by atoms with Gasteiger partial charge in [-0.3, -0.25) is 0 Å². The Kier molecular flexibility index (Phi) is 4.12. The lowest BCUT2D eigenvalue weighted by Gasteiger charge is -2.15. The summed E-state index contributed by atoms with van der Waals surface area (Å²) in [4.78, 5) is 10.6. The minimum absolute atomic E-state index is 0.582. The zero-order chi connectivity index (χ0) is 13.0. The minimum atomic E-state index is 0.582. The molecule has 0 aliphatic heterocycles. The molecule has 1 heterocycles.